The Balaban J connectivity index is 3.00. The summed E-state index contributed by atoms with van der Waals surface area (Å²) in [6.07, 6.45) is 0. The van der Waals surface area contributed by atoms with Gasteiger partial charge in [0.1, 0.15) is 0 Å². The first-order valence-corrected chi connectivity index (χ1v) is 3.73. The second-order valence-electron chi connectivity index (χ2n) is 2.88. The van der Waals surface area contributed by atoms with Gasteiger partial charge in [-0.1, -0.05) is 0 Å². The highest BCUT2D eigenvalue weighted by atomic mass is 79.9. The van der Waals surface area contributed by atoms with Gasteiger partial charge in [-0.2, -0.15) is 9.14 Å². The van der Waals surface area contributed by atoms with Crippen LogP contribution in [-0.4, -0.2) is 15.7 Å². The Morgan fingerprint density at radius 1 is 1.60 bits per heavy atom. The number of carbonyl (C=O) groups is 1. The lowest BCUT2D eigenvalue weighted by molar-refractivity contribution is -0.129. The molecule has 0 N–H and O–H groups in total. The molecule has 0 radical (unpaired) electrons. The Morgan fingerprint density at radius 2 is 2.10 bits per heavy atom. The van der Waals surface area contributed by atoms with E-state index in [-0.39, 0.29) is 5.91 Å². The van der Waals surface area contributed by atoms with Gasteiger partial charge in [-0.15, -0.1) is 0 Å². The normalized spacial score (nSPS) is 23.4. The maximum absolute atomic E-state index is 11.2. The number of hydrogen-bond donors (Lipinski definition) is 0. The fourth-order valence-corrected chi connectivity index (χ4v) is 1.37. The van der Waals surface area contributed by atoms with E-state index in [9.17, 15) is 4.79 Å². The Bertz CT molecular complexity index is 210. The fraction of sp³-hybridized carbons (Fsp3) is 0.667. The largest absolute Gasteiger partial charge is 0.271 e. The second kappa shape index (κ2) is 2.05. The lowest BCUT2D eigenvalue weighted by atomic mass is 9.89. The van der Waals surface area contributed by atoms with Crippen molar-refractivity contribution in [3.8, 4) is 0 Å². The van der Waals surface area contributed by atoms with Gasteiger partial charge in [-0.3, -0.25) is 4.79 Å². The van der Waals surface area contributed by atoms with Gasteiger partial charge in [0.25, 0.3) is 5.91 Å². The van der Waals surface area contributed by atoms with Gasteiger partial charge in [0.15, 0.2) is 0 Å². The summed E-state index contributed by atoms with van der Waals surface area (Å²) >= 11 is 3.02. The predicted molar refractivity (Wildman–Crippen MR) is 42.7 cm³/mol. The highest BCUT2D eigenvalue weighted by Crippen LogP contribution is 2.29. The Labute approximate surface area is 68.4 Å². The minimum atomic E-state index is -0.427. The van der Waals surface area contributed by atoms with Gasteiger partial charge in [-0.05, 0) is 20.8 Å². The molecule has 1 rings (SSSR count). The molecule has 1 aliphatic rings. The minimum Gasteiger partial charge on any atom is -0.271 e. The number of hydrogen-bond acceptors (Lipinski definition) is 2. The first kappa shape index (κ1) is 7.72. The van der Waals surface area contributed by atoms with Gasteiger partial charge >= 0.3 is 0 Å². The molecule has 4 heteroatoms. The molecule has 0 fully saturated rings. The van der Waals surface area contributed by atoms with Crippen LogP contribution >= 0.6 is 16.1 Å². The van der Waals surface area contributed by atoms with Crippen molar-refractivity contribution in [3.05, 3.63) is 0 Å². The summed E-state index contributed by atoms with van der Waals surface area (Å²) < 4.78 is 1.21. The highest BCUT2D eigenvalue weighted by Gasteiger charge is 2.40. The molecular weight excluding hydrogens is 196 g/mol. The van der Waals surface area contributed by atoms with E-state index in [1.165, 1.54) is 4.03 Å². The van der Waals surface area contributed by atoms with Crippen molar-refractivity contribution in [3.63, 3.8) is 0 Å². The van der Waals surface area contributed by atoms with Gasteiger partial charge in [-0.25, -0.2) is 0 Å². The molecule has 0 aromatic rings. The van der Waals surface area contributed by atoms with Crippen LogP contribution < -0.4 is 0 Å². The van der Waals surface area contributed by atoms with Crippen LogP contribution in [0, 0.1) is 5.41 Å². The number of nitrogens with zero attached hydrogens (tertiary/aromatic N) is 2. The summed E-state index contributed by atoms with van der Waals surface area (Å²) in [5.74, 6) is -0.00926. The average molecular weight is 205 g/mol. The van der Waals surface area contributed by atoms with Crippen molar-refractivity contribution in [2.75, 3.05) is 0 Å². The maximum Gasteiger partial charge on any atom is 0.264 e. The molecule has 1 amide bonds. The van der Waals surface area contributed by atoms with Crippen LogP contribution in [0.1, 0.15) is 20.8 Å². The molecular formula is C6H9BrN2O. The average Bonchev–Trinajstić information content (AvgIpc) is 1.97. The van der Waals surface area contributed by atoms with Crippen LogP contribution in [0.2, 0.25) is 0 Å². The zero-order valence-electron chi connectivity index (χ0n) is 6.18. The highest BCUT2D eigenvalue weighted by molar-refractivity contribution is 9.07. The van der Waals surface area contributed by atoms with Crippen LogP contribution in [0.4, 0.5) is 0 Å². The lowest BCUT2D eigenvalue weighted by Gasteiger charge is -2.13. The number of hydrazone groups is 1. The van der Waals surface area contributed by atoms with E-state index >= 15 is 0 Å². The molecule has 0 atom stereocenters. The fourth-order valence-electron chi connectivity index (χ4n) is 0.688. The van der Waals surface area contributed by atoms with Crippen LogP contribution in [0.15, 0.2) is 5.10 Å². The zero-order valence-corrected chi connectivity index (χ0v) is 7.77. The third-order valence-electron chi connectivity index (χ3n) is 1.84. The Kier molecular flexibility index (Phi) is 1.58. The quantitative estimate of drug-likeness (QED) is 0.552. The molecule has 0 aromatic carbocycles. The van der Waals surface area contributed by atoms with Crippen molar-refractivity contribution in [1.29, 1.82) is 0 Å². The molecule has 1 aliphatic heterocycles. The van der Waals surface area contributed by atoms with Gasteiger partial charge in [0, 0.05) is 0 Å². The maximum atomic E-state index is 11.2. The smallest absolute Gasteiger partial charge is 0.264 e. The molecule has 0 saturated heterocycles. The standard InChI is InChI=1S/C6H9BrN2O/c1-4-6(2,3)5(10)9(7)8-4/h1-3H3. The van der Waals surface area contributed by atoms with Gasteiger partial charge in [0.05, 0.1) is 27.3 Å². The number of amides is 1. The van der Waals surface area contributed by atoms with Crippen LogP contribution in [0.3, 0.4) is 0 Å². The predicted octanol–water partition coefficient (Wildman–Crippen LogP) is 1.54. The van der Waals surface area contributed by atoms with Crippen LogP contribution in [-0.2, 0) is 4.79 Å². The third kappa shape index (κ3) is 0.868. The summed E-state index contributed by atoms with van der Waals surface area (Å²) in [7, 11) is 0. The van der Waals surface area contributed by atoms with Crippen molar-refractivity contribution in [2.24, 2.45) is 10.5 Å². The minimum absolute atomic E-state index is 0.00926. The van der Waals surface area contributed by atoms with E-state index in [1.54, 1.807) is 0 Å². The van der Waals surface area contributed by atoms with E-state index in [0.29, 0.717) is 0 Å². The molecule has 0 unspecified atom stereocenters. The van der Waals surface area contributed by atoms with Crippen molar-refractivity contribution in [2.45, 2.75) is 20.8 Å². The van der Waals surface area contributed by atoms with Gasteiger partial charge in [0.2, 0.25) is 0 Å². The molecule has 0 aliphatic carbocycles. The van der Waals surface area contributed by atoms with Gasteiger partial charge < -0.3 is 0 Å². The number of rotatable bonds is 0. The van der Waals surface area contributed by atoms with Crippen molar-refractivity contribution in [1.82, 2.24) is 4.03 Å². The Hall–Kier alpha value is -0.380. The molecule has 0 saturated carbocycles. The van der Waals surface area contributed by atoms with Crippen LogP contribution in [0.5, 0.6) is 0 Å². The lowest BCUT2D eigenvalue weighted by Crippen LogP contribution is -2.29. The van der Waals surface area contributed by atoms with E-state index in [0.717, 1.165) is 5.71 Å². The third-order valence-corrected chi connectivity index (χ3v) is 2.33. The van der Waals surface area contributed by atoms with E-state index in [1.807, 2.05) is 20.8 Å². The van der Waals surface area contributed by atoms with E-state index in [2.05, 4.69) is 21.2 Å². The molecule has 3 nitrogen and oxygen atoms in total. The van der Waals surface area contributed by atoms with Crippen LogP contribution in [0.25, 0.3) is 0 Å². The molecule has 0 bridgehead atoms. The Morgan fingerprint density at radius 3 is 2.20 bits per heavy atom. The van der Waals surface area contributed by atoms with E-state index in [4.69, 9.17) is 0 Å². The molecule has 0 spiro atoms. The summed E-state index contributed by atoms with van der Waals surface area (Å²) in [6, 6.07) is 0. The molecule has 0 aromatic heterocycles. The zero-order chi connectivity index (χ0) is 7.94. The van der Waals surface area contributed by atoms with Crippen molar-refractivity contribution < 1.29 is 4.79 Å². The molecule has 10 heavy (non-hydrogen) atoms. The summed E-state index contributed by atoms with van der Waals surface area (Å²) in [6.45, 7) is 5.56. The topological polar surface area (TPSA) is 32.7 Å². The number of halogens is 1. The van der Waals surface area contributed by atoms with E-state index < -0.39 is 5.41 Å². The summed E-state index contributed by atoms with van der Waals surface area (Å²) in [5, 5.41) is 3.94. The summed E-state index contributed by atoms with van der Waals surface area (Å²) in [4.78, 5) is 11.2. The SMILES string of the molecule is CC1=NN(Br)C(=O)C1(C)C. The summed E-state index contributed by atoms with van der Waals surface area (Å²) in [5.41, 5.74) is 0.415. The van der Waals surface area contributed by atoms with Crippen molar-refractivity contribution >= 4 is 27.8 Å². The molecule has 1 heterocycles. The molecule has 56 valence electrons. The number of carbonyl (C=O) groups excluding carboxylic acids is 1. The first-order chi connectivity index (χ1) is 4.46. The first-order valence-electron chi connectivity index (χ1n) is 3.02. The second-order valence-corrected chi connectivity index (χ2v) is 3.55. The monoisotopic (exact) mass is 204 g/mol.